The van der Waals surface area contributed by atoms with Crippen molar-refractivity contribution in [2.45, 2.75) is 6.92 Å². The number of rotatable bonds is 3. The van der Waals surface area contributed by atoms with Gasteiger partial charge in [0.1, 0.15) is 5.75 Å². The first-order valence-corrected chi connectivity index (χ1v) is 7.10. The van der Waals surface area contributed by atoms with Crippen molar-refractivity contribution in [1.29, 1.82) is 0 Å². The molecule has 2 amide bonds. The number of methoxy groups -OCH3 is 1. The van der Waals surface area contributed by atoms with Gasteiger partial charge in [0.05, 0.1) is 30.0 Å². The van der Waals surface area contributed by atoms with Crippen LogP contribution in [0.25, 0.3) is 11.0 Å². The number of aromatic nitrogens is 2. The van der Waals surface area contributed by atoms with E-state index in [4.69, 9.17) is 4.74 Å². The maximum absolute atomic E-state index is 12.2. The lowest BCUT2D eigenvalue weighted by atomic mass is 10.2. The highest BCUT2D eigenvalue weighted by Crippen LogP contribution is 2.25. The highest BCUT2D eigenvalue weighted by Gasteiger charge is 2.09. The molecule has 0 aliphatic carbocycles. The molecular formula is C17H16N4O2. The van der Waals surface area contributed by atoms with Crippen LogP contribution in [-0.4, -0.2) is 23.1 Å². The number of urea groups is 1. The molecule has 0 bridgehead atoms. The molecule has 23 heavy (non-hydrogen) atoms. The summed E-state index contributed by atoms with van der Waals surface area (Å²) in [6, 6.07) is 12.6. The molecule has 0 saturated carbocycles. The molecule has 0 aliphatic rings. The van der Waals surface area contributed by atoms with E-state index in [1.54, 1.807) is 13.2 Å². The minimum atomic E-state index is -0.404. The Bertz CT molecular complexity index is 864. The molecule has 116 valence electrons. The van der Waals surface area contributed by atoms with Gasteiger partial charge in [0.2, 0.25) is 0 Å². The van der Waals surface area contributed by atoms with Gasteiger partial charge >= 0.3 is 6.03 Å². The molecule has 0 spiro atoms. The second kappa shape index (κ2) is 6.31. The molecule has 2 aromatic carbocycles. The molecule has 0 saturated heterocycles. The summed E-state index contributed by atoms with van der Waals surface area (Å²) in [6.45, 7) is 1.94. The lowest BCUT2D eigenvalue weighted by Gasteiger charge is -2.11. The van der Waals surface area contributed by atoms with Crippen LogP contribution >= 0.6 is 0 Å². The fraction of sp³-hybridized carbons (Fsp3) is 0.118. The third kappa shape index (κ3) is 3.37. The first-order valence-electron chi connectivity index (χ1n) is 7.10. The number of para-hydroxylation sites is 2. The van der Waals surface area contributed by atoms with Gasteiger partial charge in [0.25, 0.3) is 0 Å². The number of benzene rings is 2. The van der Waals surface area contributed by atoms with Gasteiger partial charge in [-0.1, -0.05) is 18.2 Å². The molecule has 6 heteroatoms. The average Bonchev–Trinajstić information content (AvgIpc) is 2.55. The van der Waals surface area contributed by atoms with Crippen molar-refractivity contribution in [3.63, 3.8) is 0 Å². The van der Waals surface area contributed by atoms with Gasteiger partial charge in [-0.15, -0.1) is 0 Å². The molecule has 3 rings (SSSR count). The van der Waals surface area contributed by atoms with E-state index in [0.29, 0.717) is 17.3 Å². The number of aryl methyl sites for hydroxylation is 1. The summed E-state index contributed by atoms with van der Waals surface area (Å²) in [7, 11) is 1.56. The van der Waals surface area contributed by atoms with Crippen LogP contribution in [-0.2, 0) is 0 Å². The van der Waals surface area contributed by atoms with Crippen LogP contribution in [0, 0.1) is 6.92 Å². The first-order chi connectivity index (χ1) is 11.2. The van der Waals surface area contributed by atoms with E-state index in [2.05, 4.69) is 20.6 Å². The van der Waals surface area contributed by atoms with Gasteiger partial charge in [-0.25, -0.2) is 9.78 Å². The minimum Gasteiger partial charge on any atom is -0.495 e. The summed E-state index contributed by atoms with van der Waals surface area (Å²) in [6.07, 6.45) is 1.52. The number of fused-ring (bicyclic) bond motifs is 1. The molecule has 0 unspecified atom stereocenters. The fourth-order valence-corrected chi connectivity index (χ4v) is 2.21. The van der Waals surface area contributed by atoms with Crippen molar-refractivity contribution in [2.24, 2.45) is 0 Å². The largest absolute Gasteiger partial charge is 0.495 e. The Balaban J connectivity index is 1.77. The Labute approximate surface area is 133 Å². The van der Waals surface area contributed by atoms with Crippen molar-refractivity contribution in [1.82, 2.24) is 9.97 Å². The van der Waals surface area contributed by atoms with E-state index in [0.717, 1.165) is 16.6 Å². The topological polar surface area (TPSA) is 76.1 Å². The van der Waals surface area contributed by atoms with Crippen LogP contribution in [0.5, 0.6) is 5.75 Å². The van der Waals surface area contributed by atoms with Crippen molar-refractivity contribution in [3.05, 3.63) is 54.2 Å². The van der Waals surface area contributed by atoms with Gasteiger partial charge in [0.15, 0.2) is 5.82 Å². The Hall–Kier alpha value is -3.15. The number of nitrogens with zero attached hydrogens (tertiary/aromatic N) is 2. The van der Waals surface area contributed by atoms with Gasteiger partial charge in [-0.3, -0.25) is 10.3 Å². The van der Waals surface area contributed by atoms with Gasteiger partial charge in [0, 0.05) is 0 Å². The van der Waals surface area contributed by atoms with Crippen LogP contribution in [0.2, 0.25) is 0 Å². The standard InChI is InChI=1S/C17H16N4O2/c1-11-7-8-15(23-2)14(9-11)20-17(22)21-16-10-18-12-5-3-4-6-13(12)19-16/h3-10H,1-2H3,(H2,19,20,21,22). The molecule has 3 aromatic rings. The van der Waals surface area contributed by atoms with Gasteiger partial charge in [-0.2, -0.15) is 0 Å². The van der Waals surface area contributed by atoms with E-state index in [1.165, 1.54) is 6.20 Å². The first kappa shape index (κ1) is 14.8. The van der Waals surface area contributed by atoms with E-state index in [-0.39, 0.29) is 0 Å². The lowest BCUT2D eigenvalue weighted by molar-refractivity contribution is 0.262. The van der Waals surface area contributed by atoms with Gasteiger partial charge < -0.3 is 10.1 Å². The van der Waals surface area contributed by atoms with Crippen LogP contribution < -0.4 is 15.4 Å². The maximum atomic E-state index is 12.2. The summed E-state index contributed by atoms with van der Waals surface area (Å²) < 4.78 is 5.24. The molecule has 0 fully saturated rings. The number of nitrogens with one attached hydrogen (secondary N) is 2. The third-order valence-corrected chi connectivity index (χ3v) is 3.29. The van der Waals surface area contributed by atoms with Crippen LogP contribution in [0.15, 0.2) is 48.7 Å². The highest BCUT2D eigenvalue weighted by atomic mass is 16.5. The number of ether oxygens (including phenoxy) is 1. The normalized spacial score (nSPS) is 10.3. The number of anilines is 2. The molecule has 1 aromatic heterocycles. The molecule has 0 radical (unpaired) electrons. The Morgan fingerprint density at radius 3 is 2.65 bits per heavy atom. The summed E-state index contributed by atoms with van der Waals surface area (Å²) in [5, 5.41) is 5.43. The SMILES string of the molecule is COc1ccc(C)cc1NC(=O)Nc1cnc2ccccc2n1. The zero-order valence-electron chi connectivity index (χ0n) is 12.8. The predicted molar refractivity (Wildman–Crippen MR) is 89.9 cm³/mol. The van der Waals surface area contributed by atoms with Crippen molar-refractivity contribution in [2.75, 3.05) is 17.7 Å². The number of hydrogen-bond acceptors (Lipinski definition) is 4. The number of carbonyl (C=O) groups is 1. The Morgan fingerprint density at radius 2 is 1.87 bits per heavy atom. The van der Waals surface area contributed by atoms with Crippen molar-refractivity contribution in [3.8, 4) is 5.75 Å². The zero-order chi connectivity index (χ0) is 16.2. The Morgan fingerprint density at radius 1 is 1.09 bits per heavy atom. The predicted octanol–water partition coefficient (Wildman–Crippen LogP) is 3.59. The van der Waals surface area contributed by atoms with Crippen LogP contribution in [0.1, 0.15) is 5.56 Å². The van der Waals surface area contributed by atoms with Crippen molar-refractivity contribution < 1.29 is 9.53 Å². The van der Waals surface area contributed by atoms with E-state index in [9.17, 15) is 4.79 Å². The number of carbonyl (C=O) groups excluding carboxylic acids is 1. The maximum Gasteiger partial charge on any atom is 0.325 e. The second-order valence-electron chi connectivity index (χ2n) is 5.03. The average molecular weight is 308 g/mol. The summed E-state index contributed by atoms with van der Waals surface area (Å²) in [5.74, 6) is 0.975. The van der Waals surface area contributed by atoms with Crippen LogP contribution in [0.3, 0.4) is 0 Å². The van der Waals surface area contributed by atoms with Crippen molar-refractivity contribution >= 4 is 28.6 Å². The minimum absolute atomic E-state index is 0.382. The fourth-order valence-electron chi connectivity index (χ4n) is 2.21. The third-order valence-electron chi connectivity index (χ3n) is 3.29. The molecule has 0 aliphatic heterocycles. The Kier molecular flexibility index (Phi) is 4.05. The summed E-state index contributed by atoms with van der Waals surface area (Å²) in [4.78, 5) is 20.8. The van der Waals surface area contributed by atoms with E-state index < -0.39 is 6.03 Å². The number of hydrogen-bond donors (Lipinski definition) is 2. The highest BCUT2D eigenvalue weighted by molar-refractivity contribution is 6.00. The smallest absolute Gasteiger partial charge is 0.325 e. The summed E-state index contributed by atoms with van der Waals surface area (Å²) in [5.41, 5.74) is 3.11. The van der Waals surface area contributed by atoms with E-state index in [1.807, 2.05) is 43.3 Å². The summed E-state index contributed by atoms with van der Waals surface area (Å²) >= 11 is 0. The lowest BCUT2D eigenvalue weighted by Crippen LogP contribution is -2.20. The molecule has 0 atom stereocenters. The van der Waals surface area contributed by atoms with Gasteiger partial charge in [-0.05, 0) is 36.8 Å². The quantitative estimate of drug-likeness (QED) is 0.775. The zero-order valence-corrected chi connectivity index (χ0v) is 12.8. The molecule has 2 N–H and O–H groups in total. The molecular weight excluding hydrogens is 292 g/mol. The molecule has 1 heterocycles. The van der Waals surface area contributed by atoms with Crippen LogP contribution in [0.4, 0.5) is 16.3 Å². The number of amides is 2. The monoisotopic (exact) mass is 308 g/mol. The second-order valence-corrected chi connectivity index (χ2v) is 5.03. The van der Waals surface area contributed by atoms with E-state index >= 15 is 0 Å². The molecule has 6 nitrogen and oxygen atoms in total.